The van der Waals surface area contributed by atoms with Crippen LogP contribution in [-0.4, -0.2) is 82.3 Å². The number of benzene rings is 1. The summed E-state index contributed by atoms with van der Waals surface area (Å²) in [5.41, 5.74) is 4.60. The zero-order chi connectivity index (χ0) is 30.7. The van der Waals surface area contributed by atoms with E-state index in [0.717, 1.165) is 5.56 Å². The van der Waals surface area contributed by atoms with Crippen LogP contribution < -0.4 is 11.1 Å². The van der Waals surface area contributed by atoms with Crippen LogP contribution in [-0.2, 0) is 32.1 Å². The van der Waals surface area contributed by atoms with Crippen molar-refractivity contribution in [2.45, 2.75) is 51.1 Å². The Morgan fingerprint density at radius 1 is 1.19 bits per heavy atom. The first-order valence-corrected chi connectivity index (χ1v) is 13.6. The van der Waals surface area contributed by atoms with Crippen molar-refractivity contribution < 1.29 is 32.3 Å². The van der Waals surface area contributed by atoms with Gasteiger partial charge in [-0.2, -0.15) is 18.3 Å². The van der Waals surface area contributed by atoms with Crippen LogP contribution in [0.15, 0.2) is 53.8 Å². The molecule has 2 atom stereocenters. The van der Waals surface area contributed by atoms with Gasteiger partial charge in [-0.3, -0.25) is 19.4 Å². The second kappa shape index (κ2) is 12.4. The summed E-state index contributed by atoms with van der Waals surface area (Å²) in [4.78, 5) is 45.8. The molecular formula is C28H32ClF3N6O4. The Kier molecular flexibility index (Phi) is 9.24. The van der Waals surface area contributed by atoms with Gasteiger partial charge < -0.3 is 20.7 Å². The summed E-state index contributed by atoms with van der Waals surface area (Å²) < 4.78 is 45.6. The topological polar surface area (TPSA) is 130 Å². The standard InChI is InChI=1S/C28H32ClF3N6O4/c1-26(2,33)24(40)35-21(15-42-14-18-6-8-19(29)9-7-18)23(39)37-12-10-22-27(16-37,13-20-5-3-4-11-34-20)25(41)38(36-22)17-28(30,31)32/h3-9,11,21H,10,12-17,33H2,1-2H3,(H,35,40). The van der Waals surface area contributed by atoms with Crippen molar-refractivity contribution in [1.82, 2.24) is 20.2 Å². The fourth-order valence-electron chi connectivity index (χ4n) is 4.88. The number of hydrazone groups is 1. The smallest absolute Gasteiger partial charge is 0.374 e. The van der Waals surface area contributed by atoms with Crippen LogP contribution in [0.3, 0.4) is 0 Å². The Bertz CT molecular complexity index is 1330. The average Bonchev–Trinajstić information content (AvgIpc) is 3.17. The second-order valence-corrected chi connectivity index (χ2v) is 11.4. The molecule has 3 amide bonds. The molecule has 3 heterocycles. The number of nitrogens with zero attached hydrogens (tertiary/aromatic N) is 4. The first-order valence-electron chi connectivity index (χ1n) is 13.3. The third kappa shape index (κ3) is 7.44. The molecule has 0 aliphatic carbocycles. The van der Waals surface area contributed by atoms with Gasteiger partial charge in [0.05, 0.1) is 24.5 Å². The monoisotopic (exact) mass is 608 g/mol. The maximum absolute atomic E-state index is 13.9. The molecule has 10 nitrogen and oxygen atoms in total. The zero-order valence-corrected chi connectivity index (χ0v) is 23.9. The summed E-state index contributed by atoms with van der Waals surface area (Å²) >= 11 is 5.93. The van der Waals surface area contributed by atoms with Crippen LogP contribution in [0.5, 0.6) is 0 Å². The van der Waals surface area contributed by atoms with Crippen molar-refractivity contribution in [3.05, 3.63) is 64.9 Å². The average molecular weight is 609 g/mol. The number of likely N-dealkylation sites (tertiary alicyclic amines) is 1. The molecule has 2 aliphatic heterocycles. The number of halogens is 4. The highest BCUT2D eigenvalue weighted by atomic mass is 35.5. The minimum Gasteiger partial charge on any atom is -0.374 e. The Hall–Kier alpha value is -3.55. The number of fused-ring (bicyclic) bond motifs is 1. The van der Waals surface area contributed by atoms with Gasteiger partial charge in [0.1, 0.15) is 18.0 Å². The van der Waals surface area contributed by atoms with Crippen molar-refractivity contribution in [3.63, 3.8) is 0 Å². The van der Waals surface area contributed by atoms with Gasteiger partial charge in [-0.15, -0.1) is 0 Å². The Labute approximate surface area is 246 Å². The lowest BCUT2D eigenvalue weighted by atomic mass is 9.74. The predicted octanol–water partition coefficient (Wildman–Crippen LogP) is 2.70. The van der Waals surface area contributed by atoms with E-state index in [2.05, 4.69) is 15.4 Å². The van der Waals surface area contributed by atoms with Gasteiger partial charge in [0.15, 0.2) is 0 Å². The Balaban J connectivity index is 1.58. The van der Waals surface area contributed by atoms with Crippen LogP contribution in [0.2, 0.25) is 5.02 Å². The summed E-state index contributed by atoms with van der Waals surface area (Å²) in [5.74, 6) is -2.03. The van der Waals surface area contributed by atoms with Crippen molar-refractivity contribution in [2.75, 3.05) is 26.2 Å². The third-order valence-electron chi connectivity index (χ3n) is 7.02. The van der Waals surface area contributed by atoms with Gasteiger partial charge in [0.2, 0.25) is 11.8 Å². The third-order valence-corrected chi connectivity index (χ3v) is 7.27. The highest BCUT2D eigenvalue weighted by Crippen LogP contribution is 2.39. The molecule has 0 spiro atoms. The number of piperidine rings is 1. The number of hydrogen-bond acceptors (Lipinski definition) is 7. The molecule has 226 valence electrons. The predicted molar refractivity (Wildman–Crippen MR) is 148 cm³/mol. The van der Waals surface area contributed by atoms with Crippen LogP contribution in [0.25, 0.3) is 0 Å². The number of amides is 3. The van der Waals surface area contributed by atoms with E-state index in [-0.39, 0.29) is 44.9 Å². The van der Waals surface area contributed by atoms with Crippen LogP contribution in [0.1, 0.15) is 31.5 Å². The van der Waals surface area contributed by atoms with E-state index in [0.29, 0.717) is 15.7 Å². The first kappa shape index (κ1) is 31.4. The highest BCUT2D eigenvalue weighted by molar-refractivity contribution is 6.30. The maximum atomic E-state index is 13.9. The van der Waals surface area contributed by atoms with E-state index in [4.69, 9.17) is 22.1 Å². The molecule has 2 aliphatic rings. The molecule has 1 saturated heterocycles. The number of ether oxygens (including phenoxy) is 1. The van der Waals surface area contributed by atoms with Gasteiger partial charge >= 0.3 is 6.18 Å². The molecule has 0 radical (unpaired) electrons. The molecule has 4 rings (SSSR count). The first-order chi connectivity index (χ1) is 19.7. The van der Waals surface area contributed by atoms with Gasteiger partial charge in [0.25, 0.3) is 5.91 Å². The Morgan fingerprint density at radius 3 is 2.52 bits per heavy atom. The molecule has 1 aromatic heterocycles. The number of nitrogens with one attached hydrogen (secondary N) is 1. The second-order valence-electron chi connectivity index (χ2n) is 11.0. The fraction of sp³-hybridized carbons (Fsp3) is 0.464. The lowest BCUT2D eigenvalue weighted by molar-refractivity contribution is -0.164. The molecule has 0 saturated carbocycles. The largest absolute Gasteiger partial charge is 0.408 e. The lowest BCUT2D eigenvalue weighted by Gasteiger charge is -2.40. The van der Waals surface area contributed by atoms with Crippen LogP contribution >= 0.6 is 11.6 Å². The quantitative estimate of drug-likeness (QED) is 0.427. The van der Waals surface area contributed by atoms with Gasteiger partial charge in [-0.1, -0.05) is 29.8 Å². The van der Waals surface area contributed by atoms with Crippen molar-refractivity contribution in [2.24, 2.45) is 16.3 Å². The Morgan fingerprint density at radius 2 is 1.90 bits per heavy atom. The number of carbonyl (C=O) groups excluding carboxylic acids is 3. The van der Waals surface area contributed by atoms with E-state index in [1.807, 2.05) is 0 Å². The number of aromatic nitrogens is 1. The normalized spacial score (nSPS) is 19.8. The van der Waals surface area contributed by atoms with Gasteiger partial charge in [-0.05, 0) is 43.7 Å². The van der Waals surface area contributed by atoms with Crippen molar-refractivity contribution in [1.29, 1.82) is 0 Å². The number of hydrogen-bond donors (Lipinski definition) is 2. The SMILES string of the molecule is CC(C)(N)C(=O)NC(COCc1ccc(Cl)cc1)C(=O)N1CCC2=NN(CC(F)(F)F)C(=O)C2(Cc2ccccn2)C1. The molecule has 2 aromatic rings. The van der Waals surface area contributed by atoms with Crippen LogP contribution in [0, 0.1) is 5.41 Å². The van der Waals surface area contributed by atoms with Crippen molar-refractivity contribution in [3.8, 4) is 0 Å². The number of carbonyl (C=O) groups is 3. The van der Waals surface area contributed by atoms with Gasteiger partial charge in [0, 0.05) is 42.8 Å². The summed E-state index contributed by atoms with van der Waals surface area (Å²) in [6.07, 6.45) is -3.14. The number of rotatable bonds is 10. The van der Waals surface area contributed by atoms with E-state index in [1.165, 1.54) is 24.9 Å². The molecule has 3 N–H and O–H groups in total. The number of pyridine rings is 1. The van der Waals surface area contributed by atoms with E-state index in [1.54, 1.807) is 42.5 Å². The van der Waals surface area contributed by atoms with E-state index >= 15 is 0 Å². The summed E-state index contributed by atoms with van der Waals surface area (Å²) in [6.45, 7) is 1.15. The number of alkyl halides is 3. The molecular weight excluding hydrogens is 577 g/mol. The molecule has 42 heavy (non-hydrogen) atoms. The molecule has 2 unspecified atom stereocenters. The highest BCUT2D eigenvalue weighted by Gasteiger charge is 2.56. The molecule has 1 aromatic carbocycles. The van der Waals surface area contributed by atoms with Crippen LogP contribution in [0.4, 0.5) is 13.2 Å². The molecule has 0 bridgehead atoms. The minimum absolute atomic E-state index is 0.0520. The van der Waals surface area contributed by atoms with E-state index < -0.39 is 47.4 Å². The fourth-order valence-corrected chi connectivity index (χ4v) is 5.00. The van der Waals surface area contributed by atoms with Gasteiger partial charge in [-0.25, -0.2) is 5.01 Å². The number of nitrogens with two attached hydrogens (primary N) is 1. The molecule has 1 fully saturated rings. The summed E-state index contributed by atoms with van der Waals surface area (Å²) in [6, 6.07) is 10.7. The minimum atomic E-state index is -4.67. The van der Waals surface area contributed by atoms with E-state index in [9.17, 15) is 27.6 Å². The molecule has 14 heteroatoms. The lowest BCUT2D eigenvalue weighted by Crippen LogP contribution is -2.61. The zero-order valence-electron chi connectivity index (χ0n) is 23.2. The summed E-state index contributed by atoms with van der Waals surface area (Å²) in [7, 11) is 0. The summed E-state index contributed by atoms with van der Waals surface area (Å²) in [5, 5.41) is 7.66. The maximum Gasteiger partial charge on any atom is 0.408 e. The van der Waals surface area contributed by atoms with Crippen molar-refractivity contribution >= 4 is 35.0 Å².